The van der Waals surface area contributed by atoms with Crippen LogP contribution in [0.25, 0.3) is 0 Å². The molecule has 112 valence electrons. The number of benzene rings is 2. The number of methoxy groups -OCH3 is 1. The zero-order valence-corrected chi connectivity index (χ0v) is 11.8. The van der Waals surface area contributed by atoms with Crippen molar-refractivity contribution in [3.05, 3.63) is 59.2 Å². The molecule has 0 saturated carbocycles. The van der Waals surface area contributed by atoms with Gasteiger partial charge in [-0.1, -0.05) is 0 Å². The molecular formula is C16H16F2O3. The van der Waals surface area contributed by atoms with Gasteiger partial charge in [-0.25, -0.2) is 8.78 Å². The van der Waals surface area contributed by atoms with E-state index in [1.807, 2.05) is 0 Å². The lowest BCUT2D eigenvalue weighted by atomic mass is 10.1. The van der Waals surface area contributed by atoms with Gasteiger partial charge in [0.25, 0.3) is 0 Å². The molecule has 0 bridgehead atoms. The van der Waals surface area contributed by atoms with Crippen LogP contribution >= 0.6 is 0 Å². The van der Waals surface area contributed by atoms with E-state index in [-0.39, 0.29) is 12.4 Å². The molecular weight excluding hydrogens is 278 g/mol. The van der Waals surface area contributed by atoms with Gasteiger partial charge in [0.1, 0.15) is 29.7 Å². The first kappa shape index (κ1) is 15.3. The molecule has 0 radical (unpaired) electrons. The van der Waals surface area contributed by atoms with Crippen LogP contribution in [0.1, 0.15) is 24.2 Å². The number of halogens is 2. The standard InChI is InChI=1S/C16H16F2O3/c1-10(19)14-6-4-12(17)7-16(14)21-9-11-3-5-13(20-2)8-15(11)18/h3-8,10,19H,9H2,1-2H3/t10-/m1/s1. The van der Waals surface area contributed by atoms with E-state index in [0.717, 1.165) is 0 Å². The van der Waals surface area contributed by atoms with Gasteiger partial charge in [0.15, 0.2) is 0 Å². The fourth-order valence-corrected chi connectivity index (χ4v) is 1.91. The van der Waals surface area contributed by atoms with Crippen LogP contribution in [-0.4, -0.2) is 12.2 Å². The molecule has 0 spiro atoms. The number of rotatable bonds is 5. The Hall–Kier alpha value is -2.14. The molecule has 1 atom stereocenters. The highest BCUT2D eigenvalue weighted by Crippen LogP contribution is 2.27. The lowest BCUT2D eigenvalue weighted by Gasteiger charge is -2.14. The summed E-state index contributed by atoms with van der Waals surface area (Å²) in [5.74, 6) is -0.346. The van der Waals surface area contributed by atoms with Crippen molar-refractivity contribution in [2.75, 3.05) is 7.11 Å². The fraction of sp³-hybridized carbons (Fsp3) is 0.250. The van der Waals surface area contributed by atoms with Gasteiger partial charge >= 0.3 is 0 Å². The monoisotopic (exact) mass is 294 g/mol. The van der Waals surface area contributed by atoms with Gasteiger partial charge < -0.3 is 14.6 Å². The number of hydrogen-bond acceptors (Lipinski definition) is 3. The van der Waals surface area contributed by atoms with Gasteiger partial charge in [-0.3, -0.25) is 0 Å². The SMILES string of the molecule is COc1ccc(COc2cc(F)ccc2[C@@H](C)O)c(F)c1. The second-order valence-electron chi connectivity index (χ2n) is 4.60. The predicted octanol–water partition coefficient (Wildman–Crippen LogP) is 3.61. The van der Waals surface area contributed by atoms with E-state index in [4.69, 9.17) is 9.47 Å². The molecule has 0 saturated heterocycles. The summed E-state index contributed by atoms with van der Waals surface area (Å²) < 4.78 is 37.4. The lowest BCUT2D eigenvalue weighted by Crippen LogP contribution is -2.03. The van der Waals surface area contributed by atoms with E-state index in [0.29, 0.717) is 16.9 Å². The van der Waals surface area contributed by atoms with Crippen molar-refractivity contribution in [3.63, 3.8) is 0 Å². The van der Waals surface area contributed by atoms with Crippen LogP contribution in [-0.2, 0) is 6.61 Å². The minimum atomic E-state index is -0.804. The molecule has 2 aromatic rings. The van der Waals surface area contributed by atoms with Crippen LogP contribution in [0.3, 0.4) is 0 Å². The summed E-state index contributed by atoms with van der Waals surface area (Å²) >= 11 is 0. The topological polar surface area (TPSA) is 38.7 Å². The van der Waals surface area contributed by atoms with Crippen LogP contribution in [0, 0.1) is 11.6 Å². The molecule has 0 aliphatic carbocycles. The van der Waals surface area contributed by atoms with E-state index in [2.05, 4.69) is 0 Å². The summed E-state index contributed by atoms with van der Waals surface area (Å²) in [6.45, 7) is 1.48. The molecule has 0 unspecified atom stereocenters. The maximum atomic E-state index is 13.8. The number of hydrogen-bond donors (Lipinski definition) is 1. The van der Waals surface area contributed by atoms with Gasteiger partial charge in [0.2, 0.25) is 0 Å². The van der Waals surface area contributed by atoms with Crippen molar-refractivity contribution >= 4 is 0 Å². The maximum absolute atomic E-state index is 13.8. The summed E-state index contributed by atoms with van der Waals surface area (Å²) in [5, 5.41) is 9.62. The Kier molecular flexibility index (Phi) is 4.75. The normalized spacial score (nSPS) is 12.0. The molecule has 3 nitrogen and oxygen atoms in total. The summed E-state index contributed by atoms with van der Waals surface area (Å²) in [6, 6.07) is 8.25. The Morgan fingerprint density at radius 2 is 1.90 bits per heavy atom. The summed E-state index contributed by atoms with van der Waals surface area (Å²) in [6.07, 6.45) is -0.804. The molecule has 0 heterocycles. The molecule has 0 aromatic heterocycles. The van der Waals surface area contributed by atoms with Gasteiger partial charge in [0.05, 0.1) is 13.2 Å². The Bertz CT molecular complexity index is 627. The minimum Gasteiger partial charge on any atom is -0.497 e. The maximum Gasteiger partial charge on any atom is 0.133 e. The molecule has 21 heavy (non-hydrogen) atoms. The zero-order chi connectivity index (χ0) is 15.4. The Labute approximate surface area is 121 Å². The highest BCUT2D eigenvalue weighted by molar-refractivity contribution is 5.36. The molecule has 2 aromatic carbocycles. The van der Waals surface area contributed by atoms with Gasteiger partial charge in [-0.15, -0.1) is 0 Å². The zero-order valence-electron chi connectivity index (χ0n) is 11.8. The average molecular weight is 294 g/mol. The largest absolute Gasteiger partial charge is 0.497 e. The number of ether oxygens (including phenoxy) is 2. The van der Waals surface area contributed by atoms with Gasteiger partial charge in [0, 0.05) is 23.3 Å². The van der Waals surface area contributed by atoms with E-state index in [1.165, 1.54) is 37.4 Å². The summed E-state index contributed by atoms with van der Waals surface area (Å²) in [7, 11) is 1.45. The van der Waals surface area contributed by atoms with E-state index >= 15 is 0 Å². The van der Waals surface area contributed by atoms with Gasteiger partial charge in [-0.05, 0) is 31.2 Å². The van der Waals surface area contributed by atoms with Gasteiger partial charge in [-0.2, -0.15) is 0 Å². The first-order valence-corrected chi connectivity index (χ1v) is 6.44. The second-order valence-corrected chi connectivity index (χ2v) is 4.60. The highest BCUT2D eigenvalue weighted by Gasteiger charge is 2.12. The minimum absolute atomic E-state index is 0.0704. The third-order valence-corrected chi connectivity index (χ3v) is 3.07. The van der Waals surface area contributed by atoms with Crippen molar-refractivity contribution in [2.45, 2.75) is 19.6 Å². The van der Waals surface area contributed by atoms with Crippen LogP contribution in [0.5, 0.6) is 11.5 Å². The summed E-state index contributed by atoms with van der Waals surface area (Å²) in [5.41, 5.74) is 0.766. The van der Waals surface area contributed by atoms with Crippen molar-refractivity contribution in [1.82, 2.24) is 0 Å². The van der Waals surface area contributed by atoms with Crippen LogP contribution in [0.2, 0.25) is 0 Å². The summed E-state index contributed by atoms with van der Waals surface area (Å²) in [4.78, 5) is 0. The first-order chi connectivity index (χ1) is 10.0. The molecule has 0 fully saturated rings. The quantitative estimate of drug-likeness (QED) is 0.915. The smallest absolute Gasteiger partial charge is 0.133 e. The Morgan fingerprint density at radius 3 is 2.52 bits per heavy atom. The van der Waals surface area contributed by atoms with Crippen molar-refractivity contribution < 1.29 is 23.4 Å². The van der Waals surface area contributed by atoms with E-state index < -0.39 is 17.7 Å². The molecule has 5 heteroatoms. The van der Waals surface area contributed by atoms with Crippen molar-refractivity contribution in [3.8, 4) is 11.5 Å². The lowest BCUT2D eigenvalue weighted by molar-refractivity contribution is 0.189. The Morgan fingerprint density at radius 1 is 1.14 bits per heavy atom. The third-order valence-electron chi connectivity index (χ3n) is 3.07. The van der Waals surface area contributed by atoms with E-state index in [1.54, 1.807) is 13.0 Å². The first-order valence-electron chi connectivity index (χ1n) is 6.44. The predicted molar refractivity (Wildman–Crippen MR) is 74.3 cm³/mol. The number of aliphatic hydroxyl groups is 1. The number of aliphatic hydroxyl groups excluding tert-OH is 1. The molecule has 1 N–H and O–H groups in total. The fourth-order valence-electron chi connectivity index (χ4n) is 1.91. The molecule has 0 aliphatic heterocycles. The molecule has 0 aliphatic rings. The third kappa shape index (κ3) is 3.70. The van der Waals surface area contributed by atoms with Crippen molar-refractivity contribution in [1.29, 1.82) is 0 Å². The second kappa shape index (κ2) is 6.54. The average Bonchev–Trinajstić information content (AvgIpc) is 2.45. The molecule has 2 rings (SSSR count). The van der Waals surface area contributed by atoms with E-state index in [9.17, 15) is 13.9 Å². The molecule has 0 amide bonds. The van der Waals surface area contributed by atoms with Crippen molar-refractivity contribution in [2.24, 2.45) is 0 Å². The van der Waals surface area contributed by atoms with Crippen LogP contribution < -0.4 is 9.47 Å². The van der Waals surface area contributed by atoms with Crippen LogP contribution in [0.4, 0.5) is 8.78 Å². The van der Waals surface area contributed by atoms with Crippen LogP contribution in [0.15, 0.2) is 36.4 Å². The Balaban J connectivity index is 2.18. The highest BCUT2D eigenvalue weighted by atomic mass is 19.1.